The number of thioether (sulfide) groups is 1. The Kier molecular flexibility index (Phi) is 6.94. The van der Waals surface area contributed by atoms with Gasteiger partial charge in [0, 0.05) is 5.70 Å². The second-order valence-electron chi connectivity index (χ2n) is 7.66. The average Bonchev–Trinajstić information content (AvgIpc) is 3.18. The summed E-state index contributed by atoms with van der Waals surface area (Å²) in [7, 11) is 0. The van der Waals surface area contributed by atoms with E-state index in [9.17, 15) is 19.2 Å². The Balaban J connectivity index is 1.69. The average molecular weight is 486 g/mol. The van der Waals surface area contributed by atoms with Crippen LogP contribution in [0.2, 0.25) is 0 Å². The molecule has 2 amide bonds. The second kappa shape index (κ2) is 10.2. The topological polar surface area (TPSA) is 120 Å². The van der Waals surface area contributed by atoms with Gasteiger partial charge in [0.25, 0.3) is 5.91 Å². The zero-order valence-electron chi connectivity index (χ0n) is 18.6. The fraction of sp³-hybridized carbons (Fsp3) is 0.0769. The first kappa shape index (κ1) is 23.7. The van der Waals surface area contributed by atoms with Gasteiger partial charge < -0.3 is 16.4 Å². The number of aliphatic imine (C=N–C) groups is 1. The highest BCUT2D eigenvalue weighted by molar-refractivity contribution is 8.16. The van der Waals surface area contributed by atoms with Gasteiger partial charge in [-0.15, -0.1) is 0 Å². The molecule has 4 N–H and O–H groups in total. The number of amides is 2. The molecule has 0 aliphatic carbocycles. The SMILES string of the molecule is Cc1ccc(N=C2S[C@H](C(=O)Nc3ccccc3C#N)C(N)=C2C(=O)Nc2ccccc2F)cc1. The standard InChI is InChI=1S/C26H20FN5O2S/c1-15-10-12-17(13-11-15)30-26-21(24(33)32-20-9-5-3-7-18(20)27)22(29)23(35-26)25(34)31-19-8-4-2-6-16(19)14-28/h2-13,23H,29H2,1H3,(H,31,34)(H,32,33)/t23-/m0/s1. The van der Waals surface area contributed by atoms with Gasteiger partial charge in [-0.25, -0.2) is 9.38 Å². The smallest absolute Gasteiger partial charge is 0.260 e. The molecule has 4 rings (SSSR count). The van der Waals surface area contributed by atoms with Crippen molar-refractivity contribution in [3.05, 3.63) is 101 Å². The molecule has 1 atom stereocenters. The summed E-state index contributed by atoms with van der Waals surface area (Å²) in [5.41, 5.74) is 8.49. The zero-order chi connectivity index (χ0) is 24.9. The molecular formula is C26H20FN5O2S. The molecule has 0 bridgehead atoms. The number of halogens is 1. The number of hydrogen-bond acceptors (Lipinski definition) is 6. The van der Waals surface area contributed by atoms with E-state index >= 15 is 0 Å². The number of nitriles is 1. The number of nitrogens with one attached hydrogen (secondary N) is 2. The van der Waals surface area contributed by atoms with Crippen molar-refractivity contribution in [2.45, 2.75) is 12.2 Å². The lowest BCUT2D eigenvalue weighted by atomic mass is 10.1. The Morgan fingerprint density at radius 3 is 2.34 bits per heavy atom. The summed E-state index contributed by atoms with van der Waals surface area (Å²) in [6.45, 7) is 1.94. The quantitative estimate of drug-likeness (QED) is 0.486. The van der Waals surface area contributed by atoms with Gasteiger partial charge in [0.15, 0.2) is 0 Å². The van der Waals surface area contributed by atoms with Gasteiger partial charge in [0.1, 0.15) is 22.2 Å². The molecule has 174 valence electrons. The van der Waals surface area contributed by atoms with Gasteiger partial charge in [0.05, 0.1) is 28.2 Å². The van der Waals surface area contributed by atoms with Crippen molar-refractivity contribution in [3.63, 3.8) is 0 Å². The van der Waals surface area contributed by atoms with E-state index in [-0.39, 0.29) is 27.6 Å². The van der Waals surface area contributed by atoms with E-state index in [0.717, 1.165) is 17.3 Å². The van der Waals surface area contributed by atoms with Crippen LogP contribution in [0.25, 0.3) is 0 Å². The predicted octanol–water partition coefficient (Wildman–Crippen LogP) is 4.64. The fourth-order valence-electron chi connectivity index (χ4n) is 3.37. The summed E-state index contributed by atoms with van der Waals surface area (Å²) in [5.74, 6) is -1.80. The summed E-state index contributed by atoms with van der Waals surface area (Å²) in [6.07, 6.45) is 0. The number of nitrogens with two attached hydrogens (primary N) is 1. The summed E-state index contributed by atoms with van der Waals surface area (Å²) >= 11 is 1.01. The maximum absolute atomic E-state index is 14.1. The number of carbonyl (C=O) groups is 2. The Bertz CT molecular complexity index is 1410. The van der Waals surface area contributed by atoms with Crippen LogP contribution in [0.5, 0.6) is 0 Å². The minimum atomic E-state index is -0.979. The number of carbonyl (C=O) groups excluding carboxylic acids is 2. The van der Waals surface area contributed by atoms with Gasteiger partial charge in [-0.2, -0.15) is 5.26 Å². The number of para-hydroxylation sites is 2. The van der Waals surface area contributed by atoms with Crippen LogP contribution < -0.4 is 16.4 Å². The van der Waals surface area contributed by atoms with Crippen molar-refractivity contribution in [3.8, 4) is 6.07 Å². The third kappa shape index (κ3) is 5.23. The number of anilines is 2. The van der Waals surface area contributed by atoms with Gasteiger partial charge in [0.2, 0.25) is 5.91 Å². The van der Waals surface area contributed by atoms with Gasteiger partial charge in [-0.05, 0) is 43.3 Å². The minimum Gasteiger partial charge on any atom is -0.400 e. The Hall–Kier alpha value is -4.42. The molecule has 1 heterocycles. The van der Waals surface area contributed by atoms with Crippen molar-refractivity contribution in [2.75, 3.05) is 10.6 Å². The fourth-order valence-corrected chi connectivity index (χ4v) is 4.49. The maximum Gasteiger partial charge on any atom is 0.260 e. The number of benzene rings is 3. The van der Waals surface area contributed by atoms with Crippen LogP contribution in [-0.2, 0) is 9.59 Å². The number of aryl methyl sites for hydroxylation is 1. The normalized spacial score (nSPS) is 16.1. The number of rotatable bonds is 5. The minimum absolute atomic E-state index is 0.00690. The van der Waals surface area contributed by atoms with Gasteiger partial charge in [-0.1, -0.05) is 53.7 Å². The lowest BCUT2D eigenvalue weighted by Crippen LogP contribution is -2.29. The first-order chi connectivity index (χ1) is 16.9. The molecule has 0 saturated heterocycles. The molecule has 1 aliphatic rings. The highest BCUT2D eigenvalue weighted by Gasteiger charge is 2.38. The molecule has 0 radical (unpaired) electrons. The molecule has 0 aromatic heterocycles. The van der Waals surface area contributed by atoms with Crippen LogP contribution in [-0.4, -0.2) is 22.1 Å². The van der Waals surface area contributed by atoms with E-state index in [1.807, 2.05) is 25.1 Å². The molecule has 3 aromatic carbocycles. The van der Waals surface area contributed by atoms with Crippen LogP contribution in [0.3, 0.4) is 0 Å². The largest absolute Gasteiger partial charge is 0.400 e. The maximum atomic E-state index is 14.1. The second-order valence-corrected chi connectivity index (χ2v) is 8.76. The van der Waals surface area contributed by atoms with E-state index < -0.39 is 22.9 Å². The lowest BCUT2D eigenvalue weighted by Gasteiger charge is -2.12. The van der Waals surface area contributed by atoms with E-state index in [0.29, 0.717) is 11.4 Å². The van der Waals surface area contributed by atoms with Crippen LogP contribution in [0.1, 0.15) is 11.1 Å². The molecule has 7 nitrogen and oxygen atoms in total. The first-order valence-electron chi connectivity index (χ1n) is 10.5. The molecular weight excluding hydrogens is 465 g/mol. The van der Waals surface area contributed by atoms with Crippen LogP contribution >= 0.6 is 11.8 Å². The van der Waals surface area contributed by atoms with Gasteiger partial charge in [-0.3, -0.25) is 9.59 Å². The molecule has 9 heteroatoms. The monoisotopic (exact) mass is 485 g/mol. The molecule has 0 saturated carbocycles. The molecule has 1 aliphatic heterocycles. The molecule has 35 heavy (non-hydrogen) atoms. The molecule has 0 spiro atoms. The molecule has 0 fully saturated rings. The Morgan fingerprint density at radius 1 is 1.00 bits per heavy atom. The van der Waals surface area contributed by atoms with Crippen molar-refractivity contribution in [1.82, 2.24) is 0 Å². The van der Waals surface area contributed by atoms with E-state index in [4.69, 9.17) is 5.73 Å². The summed E-state index contributed by atoms with van der Waals surface area (Å²) in [4.78, 5) is 30.8. The van der Waals surface area contributed by atoms with Crippen molar-refractivity contribution in [2.24, 2.45) is 10.7 Å². The van der Waals surface area contributed by atoms with Crippen molar-refractivity contribution >= 4 is 45.7 Å². The molecule has 3 aromatic rings. The number of nitrogens with zero attached hydrogens (tertiary/aromatic N) is 2. The van der Waals surface area contributed by atoms with E-state index in [2.05, 4.69) is 15.6 Å². The van der Waals surface area contributed by atoms with E-state index in [1.165, 1.54) is 18.2 Å². The van der Waals surface area contributed by atoms with Crippen molar-refractivity contribution < 1.29 is 14.0 Å². The Morgan fingerprint density at radius 2 is 1.66 bits per heavy atom. The highest BCUT2D eigenvalue weighted by Crippen LogP contribution is 2.36. The molecule has 0 unspecified atom stereocenters. The third-order valence-corrected chi connectivity index (χ3v) is 6.39. The van der Waals surface area contributed by atoms with Crippen LogP contribution in [0.4, 0.5) is 21.5 Å². The van der Waals surface area contributed by atoms with Gasteiger partial charge >= 0.3 is 0 Å². The first-order valence-corrected chi connectivity index (χ1v) is 11.4. The summed E-state index contributed by atoms with van der Waals surface area (Å²) < 4.78 is 14.1. The highest BCUT2D eigenvalue weighted by atomic mass is 32.2. The lowest BCUT2D eigenvalue weighted by molar-refractivity contribution is -0.115. The number of hydrogen-bond donors (Lipinski definition) is 3. The third-order valence-electron chi connectivity index (χ3n) is 5.17. The van der Waals surface area contributed by atoms with Crippen molar-refractivity contribution in [1.29, 1.82) is 5.26 Å². The predicted molar refractivity (Wildman–Crippen MR) is 136 cm³/mol. The zero-order valence-corrected chi connectivity index (χ0v) is 19.4. The Labute approximate surface area is 205 Å². The van der Waals surface area contributed by atoms with Crippen LogP contribution in [0.15, 0.2) is 89.1 Å². The summed E-state index contributed by atoms with van der Waals surface area (Å²) in [6, 6.07) is 21.6. The van der Waals surface area contributed by atoms with E-state index in [1.54, 1.807) is 42.5 Å². The summed E-state index contributed by atoms with van der Waals surface area (Å²) in [5, 5.41) is 13.8. The van der Waals surface area contributed by atoms with Crippen LogP contribution in [0, 0.1) is 24.1 Å².